The number of H-pyrrole nitrogens is 1. The number of pyridine rings is 1. The lowest BCUT2D eigenvalue weighted by molar-refractivity contribution is -0.00410. The molecule has 106 valence electrons. The van der Waals surface area contributed by atoms with Gasteiger partial charge in [0.25, 0.3) is 0 Å². The average molecular weight is 295 g/mol. The van der Waals surface area contributed by atoms with E-state index in [4.69, 9.17) is 16.3 Å². The minimum absolute atomic E-state index is 0.115. The highest BCUT2D eigenvalue weighted by Gasteiger charge is 2.23. The van der Waals surface area contributed by atoms with Gasteiger partial charge < -0.3 is 14.8 Å². The van der Waals surface area contributed by atoms with Crippen molar-refractivity contribution in [3.05, 3.63) is 39.5 Å². The summed E-state index contributed by atoms with van der Waals surface area (Å²) in [5.41, 5.74) is 0.478. The zero-order chi connectivity index (χ0) is 14.1. The smallest absolute Gasteiger partial charge is 0.195 e. The predicted octanol–water partition coefficient (Wildman–Crippen LogP) is 1.24. The molecular weight excluding hydrogens is 280 g/mol. The normalized spacial score (nSPS) is 16.3. The first-order valence-corrected chi connectivity index (χ1v) is 6.86. The minimum atomic E-state index is -0.214. The van der Waals surface area contributed by atoms with Crippen molar-refractivity contribution in [2.75, 3.05) is 26.2 Å². The molecule has 5 nitrogen and oxygen atoms in total. The molecule has 0 atom stereocenters. The van der Waals surface area contributed by atoms with Gasteiger partial charge in [0, 0.05) is 31.1 Å². The summed E-state index contributed by atoms with van der Waals surface area (Å²) in [6.45, 7) is 2.55. The van der Waals surface area contributed by atoms with Gasteiger partial charge in [0.05, 0.1) is 16.6 Å². The number of β-amino-alcohol motifs (C(OH)–C–C–N with tert-alkyl or cyclic N) is 1. The number of benzene rings is 1. The van der Waals surface area contributed by atoms with Crippen LogP contribution in [-0.4, -0.2) is 47.3 Å². The SMILES string of the molecule is O=c1cc(OCCN2CC(O)C2)[nH]c2c(Cl)cccc12. The Kier molecular flexibility index (Phi) is 3.65. The van der Waals surface area contributed by atoms with Crippen molar-refractivity contribution in [2.45, 2.75) is 6.10 Å². The third-order valence-electron chi connectivity index (χ3n) is 3.39. The molecule has 1 fully saturated rings. The zero-order valence-corrected chi connectivity index (χ0v) is 11.6. The number of nitrogens with zero attached hydrogens (tertiary/aromatic N) is 1. The monoisotopic (exact) mass is 294 g/mol. The first-order chi connectivity index (χ1) is 9.63. The summed E-state index contributed by atoms with van der Waals surface area (Å²) in [6.07, 6.45) is -0.214. The highest BCUT2D eigenvalue weighted by molar-refractivity contribution is 6.35. The Morgan fingerprint density at radius 3 is 3.00 bits per heavy atom. The molecule has 20 heavy (non-hydrogen) atoms. The van der Waals surface area contributed by atoms with Crippen LogP contribution < -0.4 is 10.2 Å². The van der Waals surface area contributed by atoms with E-state index in [0.717, 1.165) is 6.54 Å². The van der Waals surface area contributed by atoms with Crippen molar-refractivity contribution < 1.29 is 9.84 Å². The molecule has 6 heteroatoms. The van der Waals surface area contributed by atoms with Gasteiger partial charge in [-0.25, -0.2) is 0 Å². The van der Waals surface area contributed by atoms with Crippen molar-refractivity contribution >= 4 is 22.5 Å². The molecule has 1 saturated heterocycles. The van der Waals surface area contributed by atoms with Crippen LogP contribution in [0.3, 0.4) is 0 Å². The van der Waals surface area contributed by atoms with Crippen LogP contribution in [-0.2, 0) is 0 Å². The Balaban J connectivity index is 1.72. The van der Waals surface area contributed by atoms with Gasteiger partial charge in [-0.3, -0.25) is 9.69 Å². The molecule has 2 heterocycles. The van der Waals surface area contributed by atoms with E-state index in [0.29, 0.717) is 41.5 Å². The molecular formula is C14H15ClN2O3. The number of aromatic amines is 1. The second-order valence-corrected chi connectivity index (χ2v) is 5.33. The van der Waals surface area contributed by atoms with E-state index in [-0.39, 0.29) is 11.5 Å². The molecule has 1 aromatic heterocycles. The minimum Gasteiger partial charge on any atom is -0.477 e. The van der Waals surface area contributed by atoms with Gasteiger partial charge in [0.2, 0.25) is 0 Å². The third-order valence-corrected chi connectivity index (χ3v) is 3.71. The van der Waals surface area contributed by atoms with Crippen molar-refractivity contribution in [3.63, 3.8) is 0 Å². The maximum atomic E-state index is 12.0. The largest absolute Gasteiger partial charge is 0.477 e. The fourth-order valence-electron chi connectivity index (χ4n) is 2.30. The quantitative estimate of drug-likeness (QED) is 0.890. The van der Waals surface area contributed by atoms with Gasteiger partial charge in [0.1, 0.15) is 6.61 Å². The zero-order valence-electron chi connectivity index (χ0n) is 10.8. The van der Waals surface area contributed by atoms with E-state index < -0.39 is 0 Å². The van der Waals surface area contributed by atoms with Crippen LogP contribution in [0.15, 0.2) is 29.1 Å². The summed E-state index contributed by atoms with van der Waals surface area (Å²) in [6, 6.07) is 6.63. The molecule has 0 radical (unpaired) electrons. The average Bonchev–Trinajstić information content (AvgIpc) is 2.38. The molecule has 0 spiro atoms. The lowest BCUT2D eigenvalue weighted by Crippen LogP contribution is -2.51. The van der Waals surface area contributed by atoms with Crippen molar-refractivity contribution in [2.24, 2.45) is 0 Å². The number of fused-ring (bicyclic) bond motifs is 1. The van der Waals surface area contributed by atoms with Crippen molar-refractivity contribution in [1.29, 1.82) is 0 Å². The topological polar surface area (TPSA) is 65.6 Å². The van der Waals surface area contributed by atoms with E-state index >= 15 is 0 Å². The summed E-state index contributed by atoms with van der Waals surface area (Å²) in [7, 11) is 0. The molecule has 0 unspecified atom stereocenters. The number of likely N-dealkylation sites (tertiary alicyclic amines) is 1. The predicted molar refractivity (Wildman–Crippen MR) is 77.5 cm³/mol. The standard InChI is InChI=1S/C14H15ClN2O3/c15-11-3-1-2-10-12(19)6-13(16-14(10)11)20-5-4-17-7-9(18)8-17/h1-3,6,9,18H,4-5,7-8H2,(H,16,19). The van der Waals surface area contributed by atoms with Crippen LogP contribution in [0.4, 0.5) is 0 Å². The van der Waals surface area contributed by atoms with E-state index in [1.807, 2.05) is 0 Å². The van der Waals surface area contributed by atoms with Crippen LogP contribution in [0.5, 0.6) is 5.88 Å². The molecule has 0 aliphatic carbocycles. The molecule has 0 bridgehead atoms. The van der Waals surface area contributed by atoms with Gasteiger partial charge >= 0.3 is 0 Å². The second kappa shape index (κ2) is 5.44. The fourth-order valence-corrected chi connectivity index (χ4v) is 2.52. The van der Waals surface area contributed by atoms with Gasteiger partial charge in [-0.2, -0.15) is 0 Å². The molecule has 1 aromatic carbocycles. The van der Waals surface area contributed by atoms with Crippen LogP contribution in [0, 0.1) is 0 Å². The molecule has 3 rings (SSSR count). The summed E-state index contributed by atoms with van der Waals surface area (Å²) < 4.78 is 5.55. The Morgan fingerprint density at radius 1 is 1.45 bits per heavy atom. The number of rotatable bonds is 4. The summed E-state index contributed by atoms with van der Waals surface area (Å²) in [4.78, 5) is 17.1. The first kappa shape index (κ1) is 13.4. The van der Waals surface area contributed by atoms with Gasteiger partial charge in [-0.15, -0.1) is 0 Å². The molecule has 2 N–H and O–H groups in total. The summed E-state index contributed by atoms with van der Waals surface area (Å²) >= 11 is 6.07. The number of aromatic nitrogens is 1. The van der Waals surface area contributed by atoms with Gasteiger partial charge in [-0.05, 0) is 12.1 Å². The number of aliphatic hydroxyl groups is 1. The van der Waals surface area contributed by atoms with Crippen LogP contribution in [0.1, 0.15) is 0 Å². The molecule has 0 amide bonds. The van der Waals surface area contributed by atoms with E-state index in [2.05, 4.69) is 9.88 Å². The Hall–Kier alpha value is -1.56. The number of halogens is 1. The number of aliphatic hydroxyl groups excluding tert-OH is 1. The Bertz CT molecular complexity index is 680. The number of hydrogen-bond donors (Lipinski definition) is 2. The highest BCUT2D eigenvalue weighted by Crippen LogP contribution is 2.21. The summed E-state index contributed by atoms with van der Waals surface area (Å²) in [5.74, 6) is 0.414. The van der Waals surface area contributed by atoms with Crippen LogP contribution in [0.25, 0.3) is 10.9 Å². The van der Waals surface area contributed by atoms with E-state index in [1.54, 1.807) is 18.2 Å². The number of ether oxygens (including phenoxy) is 1. The van der Waals surface area contributed by atoms with Gasteiger partial charge in [-0.1, -0.05) is 17.7 Å². The lowest BCUT2D eigenvalue weighted by Gasteiger charge is -2.35. The van der Waals surface area contributed by atoms with Crippen LogP contribution in [0.2, 0.25) is 5.02 Å². The summed E-state index contributed by atoms with van der Waals surface area (Å²) in [5, 5.41) is 10.2. The third kappa shape index (κ3) is 2.65. The number of hydrogen-bond acceptors (Lipinski definition) is 4. The molecule has 2 aromatic rings. The maximum absolute atomic E-state index is 12.0. The first-order valence-electron chi connectivity index (χ1n) is 6.48. The molecule has 0 saturated carbocycles. The number of para-hydroxylation sites is 1. The lowest BCUT2D eigenvalue weighted by atomic mass is 10.2. The van der Waals surface area contributed by atoms with Crippen molar-refractivity contribution in [3.8, 4) is 5.88 Å². The molecule has 1 aliphatic rings. The van der Waals surface area contributed by atoms with E-state index in [1.165, 1.54) is 6.07 Å². The Morgan fingerprint density at radius 2 is 2.25 bits per heavy atom. The van der Waals surface area contributed by atoms with Crippen LogP contribution >= 0.6 is 11.6 Å². The Labute approximate surface area is 120 Å². The van der Waals surface area contributed by atoms with Crippen molar-refractivity contribution in [1.82, 2.24) is 9.88 Å². The van der Waals surface area contributed by atoms with E-state index in [9.17, 15) is 9.90 Å². The highest BCUT2D eigenvalue weighted by atomic mass is 35.5. The maximum Gasteiger partial charge on any atom is 0.195 e. The fraction of sp³-hybridized carbons (Fsp3) is 0.357. The number of nitrogens with one attached hydrogen (secondary N) is 1. The second-order valence-electron chi connectivity index (χ2n) is 4.92. The molecule has 1 aliphatic heterocycles. The van der Waals surface area contributed by atoms with Gasteiger partial charge in [0.15, 0.2) is 11.3 Å².